The number of imidazole rings is 1. The molecule has 0 aliphatic rings. The number of alkyl halides is 3. The van der Waals surface area contributed by atoms with Crippen molar-refractivity contribution in [3.8, 4) is 16.9 Å². The fourth-order valence-corrected chi connectivity index (χ4v) is 3.82. The molecule has 0 aliphatic carbocycles. The van der Waals surface area contributed by atoms with Crippen molar-refractivity contribution >= 4 is 23.2 Å². The van der Waals surface area contributed by atoms with Crippen LogP contribution in [0.5, 0.6) is 0 Å². The maximum absolute atomic E-state index is 13.5. The van der Waals surface area contributed by atoms with Crippen LogP contribution in [0, 0.1) is 0 Å². The lowest BCUT2D eigenvalue weighted by Crippen LogP contribution is -2.26. The quantitative estimate of drug-likeness (QED) is 0.268. The Labute approximate surface area is 203 Å². The van der Waals surface area contributed by atoms with Gasteiger partial charge in [0, 0.05) is 17.3 Å². The first-order valence-corrected chi connectivity index (χ1v) is 10.9. The number of aromatic nitrogens is 4. The lowest BCUT2D eigenvalue weighted by Gasteiger charge is -2.10. The minimum absolute atomic E-state index is 0.155. The summed E-state index contributed by atoms with van der Waals surface area (Å²) >= 11 is 0. The van der Waals surface area contributed by atoms with E-state index in [1.807, 2.05) is 60.7 Å². The molecule has 1 N–H and O–H groups in total. The summed E-state index contributed by atoms with van der Waals surface area (Å²) in [6, 6.07) is 25.1. The van der Waals surface area contributed by atoms with E-state index in [0.29, 0.717) is 11.3 Å². The molecule has 0 fully saturated rings. The molecule has 2 heterocycles. The second-order valence-corrected chi connectivity index (χ2v) is 7.88. The number of hydrogen-bond donors (Lipinski definition) is 1. The highest BCUT2D eigenvalue weighted by molar-refractivity contribution is 5.90. The van der Waals surface area contributed by atoms with E-state index in [-0.39, 0.29) is 11.0 Å². The summed E-state index contributed by atoms with van der Waals surface area (Å²) in [6.07, 6.45) is -1.53. The predicted octanol–water partition coefficient (Wildman–Crippen LogP) is 5.06. The molecule has 7 nitrogen and oxygen atoms in total. The Morgan fingerprint density at radius 3 is 2.33 bits per heavy atom. The van der Waals surface area contributed by atoms with Crippen LogP contribution in [0.25, 0.3) is 28.0 Å². The van der Waals surface area contributed by atoms with Crippen LogP contribution in [0.15, 0.2) is 96.2 Å². The molecule has 1 amide bonds. The summed E-state index contributed by atoms with van der Waals surface area (Å²) in [6.45, 7) is -0.596. The molecule has 0 spiro atoms. The molecule has 36 heavy (non-hydrogen) atoms. The standard InChI is InChI=1S/C26H19F3N6O/c27-26(28,29)25-31-21-13-7-8-14-22(21)34(25)17-23(36)32-30-15-19-16-35(20-11-5-2-6-12-20)33-24(19)18-9-3-1-4-10-18/h1-16H,17H2,(H,32,36). The highest BCUT2D eigenvalue weighted by Gasteiger charge is 2.38. The van der Waals surface area contributed by atoms with Crippen molar-refractivity contribution < 1.29 is 18.0 Å². The SMILES string of the molecule is O=C(Cn1c(C(F)(F)F)nc2ccccc21)NN=Cc1cn(-c2ccccc2)nc1-c1ccccc1. The van der Waals surface area contributed by atoms with Crippen LogP contribution >= 0.6 is 0 Å². The number of rotatable bonds is 6. The summed E-state index contributed by atoms with van der Waals surface area (Å²) < 4.78 is 43.0. The lowest BCUT2D eigenvalue weighted by atomic mass is 10.1. The maximum atomic E-state index is 13.5. The Morgan fingerprint density at radius 2 is 1.61 bits per heavy atom. The van der Waals surface area contributed by atoms with Gasteiger partial charge >= 0.3 is 6.18 Å². The van der Waals surface area contributed by atoms with Gasteiger partial charge < -0.3 is 4.57 Å². The second kappa shape index (κ2) is 9.49. The van der Waals surface area contributed by atoms with Gasteiger partial charge in [-0.15, -0.1) is 0 Å². The van der Waals surface area contributed by atoms with Gasteiger partial charge in [-0.05, 0) is 24.3 Å². The van der Waals surface area contributed by atoms with Crippen molar-refractivity contribution in [3.63, 3.8) is 0 Å². The molecule has 0 radical (unpaired) electrons. The van der Waals surface area contributed by atoms with Gasteiger partial charge in [0.2, 0.25) is 5.82 Å². The van der Waals surface area contributed by atoms with E-state index in [0.717, 1.165) is 15.8 Å². The number of carbonyl (C=O) groups excluding carboxylic acids is 1. The fourth-order valence-electron chi connectivity index (χ4n) is 3.82. The van der Waals surface area contributed by atoms with Crippen LogP contribution in [0.3, 0.4) is 0 Å². The monoisotopic (exact) mass is 488 g/mol. The molecule has 5 rings (SSSR count). The topological polar surface area (TPSA) is 77.1 Å². The number of carbonyl (C=O) groups is 1. The average Bonchev–Trinajstić information content (AvgIpc) is 3.47. The van der Waals surface area contributed by atoms with Gasteiger partial charge in [0.05, 0.1) is 22.9 Å². The second-order valence-electron chi connectivity index (χ2n) is 7.88. The van der Waals surface area contributed by atoms with Gasteiger partial charge in [0.1, 0.15) is 12.2 Å². The number of hydrazone groups is 1. The first-order chi connectivity index (χ1) is 17.4. The Kier molecular flexibility index (Phi) is 6.07. The molecule has 0 saturated carbocycles. The molecule has 180 valence electrons. The average molecular weight is 488 g/mol. The molecule has 10 heteroatoms. The summed E-state index contributed by atoms with van der Waals surface area (Å²) in [5, 5.41) is 8.65. The van der Waals surface area contributed by atoms with Crippen molar-refractivity contribution in [3.05, 3.63) is 103 Å². The first-order valence-electron chi connectivity index (χ1n) is 10.9. The third-order valence-corrected chi connectivity index (χ3v) is 5.41. The molecule has 2 aromatic heterocycles. The third kappa shape index (κ3) is 4.74. The minimum atomic E-state index is -4.71. The number of nitrogens with one attached hydrogen (secondary N) is 1. The molecule has 0 atom stereocenters. The van der Waals surface area contributed by atoms with Crippen LogP contribution < -0.4 is 5.43 Å². The van der Waals surface area contributed by atoms with Crippen LogP contribution in [0.4, 0.5) is 13.2 Å². The maximum Gasteiger partial charge on any atom is 0.449 e. The zero-order valence-electron chi connectivity index (χ0n) is 18.7. The number of benzene rings is 3. The van der Waals surface area contributed by atoms with Crippen molar-refractivity contribution in [2.75, 3.05) is 0 Å². The van der Waals surface area contributed by atoms with E-state index in [1.54, 1.807) is 23.0 Å². The number of para-hydroxylation sites is 3. The Hall–Kier alpha value is -4.73. The fraction of sp³-hybridized carbons (Fsp3) is 0.0769. The first kappa shape index (κ1) is 23.0. The van der Waals surface area contributed by atoms with E-state index in [4.69, 9.17) is 0 Å². The summed E-state index contributed by atoms with van der Waals surface area (Å²) in [4.78, 5) is 16.2. The highest BCUT2D eigenvalue weighted by atomic mass is 19.4. The number of amides is 1. The Balaban J connectivity index is 1.40. The molecular weight excluding hydrogens is 469 g/mol. The van der Waals surface area contributed by atoms with E-state index in [1.165, 1.54) is 18.3 Å². The van der Waals surface area contributed by atoms with Crippen LogP contribution in [-0.4, -0.2) is 31.5 Å². The summed E-state index contributed by atoms with van der Waals surface area (Å²) in [5.41, 5.74) is 5.62. The molecule has 5 aromatic rings. The lowest BCUT2D eigenvalue weighted by molar-refractivity contribution is -0.147. The number of halogens is 3. The van der Waals surface area contributed by atoms with Gasteiger partial charge in [-0.3, -0.25) is 4.79 Å². The van der Waals surface area contributed by atoms with Gasteiger partial charge in [0.15, 0.2) is 0 Å². The minimum Gasteiger partial charge on any atom is -0.311 e. The summed E-state index contributed by atoms with van der Waals surface area (Å²) in [7, 11) is 0. The van der Waals surface area contributed by atoms with Crippen molar-refractivity contribution in [2.24, 2.45) is 5.10 Å². The van der Waals surface area contributed by atoms with Crippen LogP contribution in [0.1, 0.15) is 11.4 Å². The third-order valence-electron chi connectivity index (χ3n) is 5.41. The Bertz CT molecular complexity index is 1540. The zero-order chi connectivity index (χ0) is 25.1. The number of fused-ring (bicyclic) bond motifs is 1. The molecule has 0 aliphatic heterocycles. The molecule has 3 aromatic carbocycles. The van der Waals surface area contributed by atoms with E-state index in [9.17, 15) is 18.0 Å². The van der Waals surface area contributed by atoms with Gasteiger partial charge in [0.25, 0.3) is 5.91 Å². The summed E-state index contributed by atoms with van der Waals surface area (Å²) in [5.74, 6) is -1.87. The zero-order valence-corrected chi connectivity index (χ0v) is 18.7. The van der Waals surface area contributed by atoms with Crippen LogP contribution in [-0.2, 0) is 17.5 Å². The van der Waals surface area contributed by atoms with E-state index in [2.05, 4.69) is 20.6 Å². The smallest absolute Gasteiger partial charge is 0.311 e. The Morgan fingerprint density at radius 1 is 0.944 bits per heavy atom. The van der Waals surface area contributed by atoms with Gasteiger partial charge in [-0.1, -0.05) is 60.7 Å². The highest BCUT2D eigenvalue weighted by Crippen LogP contribution is 2.31. The van der Waals surface area contributed by atoms with E-state index < -0.39 is 24.5 Å². The largest absolute Gasteiger partial charge is 0.449 e. The number of hydrogen-bond acceptors (Lipinski definition) is 4. The number of nitrogens with zero attached hydrogens (tertiary/aromatic N) is 5. The van der Waals surface area contributed by atoms with Crippen molar-refractivity contribution in [2.45, 2.75) is 12.7 Å². The van der Waals surface area contributed by atoms with Crippen molar-refractivity contribution in [1.82, 2.24) is 24.8 Å². The van der Waals surface area contributed by atoms with Crippen molar-refractivity contribution in [1.29, 1.82) is 0 Å². The molecular formula is C26H19F3N6O. The molecule has 0 bridgehead atoms. The molecule has 0 unspecified atom stereocenters. The molecule has 0 saturated heterocycles. The van der Waals surface area contributed by atoms with Crippen LogP contribution in [0.2, 0.25) is 0 Å². The normalized spacial score (nSPS) is 11.9. The van der Waals surface area contributed by atoms with E-state index >= 15 is 0 Å². The predicted molar refractivity (Wildman–Crippen MR) is 129 cm³/mol. The van der Waals surface area contributed by atoms with Gasteiger partial charge in [-0.25, -0.2) is 15.1 Å². The van der Waals surface area contributed by atoms with Gasteiger partial charge in [-0.2, -0.15) is 23.4 Å².